The second-order valence-electron chi connectivity index (χ2n) is 5.71. The van der Waals surface area contributed by atoms with Crippen LogP contribution in [0.25, 0.3) is 0 Å². The quantitative estimate of drug-likeness (QED) is 0.434. The van der Waals surface area contributed by atoms with Crippen molar-refractivity contribution >= 4 is 35.1 Å². The van der Waals surface area contributed by atoms with Crippen molar-refractivity contribution in [3.05, 3.63) is 93.5 Å². The molecule has 3 aromatic rings. The Labute approximate surface area is 171 Å². The van der Waals surface area contributed by atoms with Crippen LogP contribution in [0.1, 0.15) is 31.8 Å². The molecule has 0 atom stereocenters. The van der Waals surface area contributed by atoms with Crippen LogP contribution < -0.4 is 0 Å². The number of pyridine rings is 2. The van der Waals surface area contributed by atoms with Crippen LogP contribution in [0.3, 0.4) is 0 Å². The van der Waals surface area contributed by atoms with Crippen molar-refractivity contribution in [1.29, 1.82) is 0 Å². The molecule has 0 aliphatic rings. The highest BCUT2D eigenvalue weighted by Crippen LogP contribution is 2.13. The van der Waals surface area contributed by atoms with E-state index in [9.17, 15) is 9.59 Å². The van der Waals surface area contributed by atoms with E-state index in [2.05, 4.69) is 9.97 Å². The Bertz CT molecular complexity index is 934. The molecule has 2 heterocycles. The number of ether oxygens (including phenoxy) is 2. The second-order valence-corrected chi connectivity index (χ2v) is 6.48. The van der Waals surface area contributed by atoms with E-state index in [1.165, 1.54) is 36.7 Å². The van der Waals surface area contributed by atoms with Crippen LogP contribution in [-0.2, 0) is 22.7 Å². The van der Waals surface area contributed by atoms with Crippen molar-refractivity contribution in [1.82, 2.24) is 9.97 Å². The zero-order valence-corrected chi connectivity index (χ0v) is 16.0. The Morgan fingerprint density at radius 3 is 1.64 bits per heavy atom. The number of hydrogen-bond donors (Lipinski definition) is 0. The first-order valence-corrected chi connectivity index (χ1v) is 8.92. The fraction of sp³-hybridized carbons (Fsp3) is 0.100. The largest absolute Gasteiger partial charge is 0.457 e. The van der Waals surface area contributed by atoms with Gasteiger partial charge < -0.3 is 9.47 Å². The lowest BCUT2D eigenvalue weighted by Crippen LogP contribution is -2.07. The van der Waals surface area contributed by atoms with Crippen molar-refractivity contribution in [3.63, 3.8) is 0 Å². The average molecular weight is 417 g/mol. The van der Waals surface area contributed by atoms with Gasteiger partial charge in [0.25, 0.3) is 0 Å². The first kappa shape index (κ1) is 19.8. The van der Waals surface area contributed by atoms with Gasteiger partial charge in [0.2, 0.25) is 0 Å². The summed E-state index contributed by atoms with van der Waals surface area (Å²) in [5.41, 5.74) is 2.16. The molecule has 0 spiro atoms. The van der Waals surface area contributed by atoms with Crippen LogP contribution in [0.2, 0.25) is 10.3 Å². The number of benzene rings is 1. The van der Waals surface area contributed by atoms with Gasteiger partial charge in [0, 0.05) is 12.4 Å². The Hall–Kier alpha value is -2.96. The highest BCUT2D eigenvalue weighted by Gasteiger charge is 2.10. The van der Waals surface area contributed by atoms with E-state index in [1.807, 2.05) is 0 Å². The number of nitrogens with zero attached hydrogens (tertiary/aromatic N) is 2. The summed E-state index contributed by atoms with van der Waals surface area (Å²) in [7, 11) is 0. The van der Waals surface area contributed by atoms with Gasteiger partial charge in [0.1, 0.15) is 23.5 Å². The third-order valence-corrected chi connectivity index (χ3v) is 4.07. The van der Waals surface area contributed by atoms with Crippen molar-refractivity contribution < 1.29 is 19.1 Å². The zero-order chi connectivity index (χ0) is 19.9. The zero-order valence-electron chi connectivity index (χ0n) is 14.5. The molecule has 0 aliphatic heterocycles. The van der Waals surface area contributed by atoms with Crippen LogP contribution in [0.5, 0.6) is 0 Å². The molecule has 142 valence electrons. The molecule has 0 radical (unpaired) electrons. The van der Waals surface area contributed by atoms with Crippen LogP contribution in [-0.4, -0.2) is 21.9 Å². The van der Waals surface area contributed by atoms with E-state index >= 15 is 0 Å². The number of halogens is 2. The van der Waals surface area contributed by atoms with Gasteiger partial charge in [0.05, 0.1) is 11.1 Å². The molecule has 0 saturated heterocycles. The molecule has 0 saturated carbocycles. The molecular weight excluding hydrogens is 403 g/mol. The smallest absolute Gasteiger partial charge is 0.338 e. The van der Waals surface area contributed by atoms with Crippen LogP contribution >= 0.6 is 23.2 Å². The third kappa shape index (κ3) is 5.52. The maximum absolute atomic E-state index is 12.1. The van der Waals surface area contributed by atoms with Gasteiger partial charge in [-0.2, -0.15) is 0 Å². The lowest BCUT2D eigenvalue weighted by Gasteiger charge is -2.08. The summed E-state index contributed by atoms with van der Waals surface area (Å²) in [4.78, 5) is 31.8. The van der Waals surface area contributed by atoms with E-state index in [0.717, 1.165) is 11.1 Å². The Morgan fingerprint density at radius 2 is 1.21 bits per heavy atom. The minimum atomic E-state index is -0.504. The van der Waals surface area contributed by atoms with Gasteiger partial charge in [-0.15, -0.1) is 0 Å². The molecule has 0 aliphatic carbocycles. The van der Waals surface area contributed by atoms with Gasteiger partial charge in [-0.1, -0.05) is 41.4 Å². The standard InChI is InChI=1S/C20H14Cl2N2O4/c21-17-9-15(4-6-23-17)19(25)27-11-13-2-1-3-14(8-13)12-28-20(26)16-5-7-24-18(22)10-16/h1-10H,11-12H2. The van der Waals surface area contributed by atoms with Crippen molar-refractivity contribution in [2.24, 2.45) is 0 Å². The number of hydrogen-bond acceptors (Lipinski definition) is 6. The summed E-state index contributed by atoms with van der Waals surface area (Å²) < 4.78 is 10.6. The monoisotopic (exact) mass is 416 g/mol. The van der Waals surface area contributed by atoms with E-state index in [0.29, 0.717) is 11.1 Å². The fourth-order valence-electron chi connectivity index (χ4n) is 2.33. The minimum Gasteiger partial charge on any atom is -0.457 e. The SMILES string of the molecule is O=C(OCc1cccc(COC(=O)c2ccnc(Cl)c2)c1)c1ccnc(Cl)c1. The summed E-state index contributed by atoms with van der Waals surface area (Å²) in [5.74, 6) is -1.01. The van der Waals surface area contributed by atoms with E-state index < -0.39 is 11.9 Å². The van der Waals surface area contributed by atoms with E-state index in [1.54, 1.807) is 24.3 Å². The normalized spacial score (nSPS) is 10.4. The first-order chi connectivity index (χ1) is 13.5. The van der Waals surface area contributed by atoms with Gasteiger partial charge in [-0.25, -0.2) is 19.6 Å². The van der Waals surface area contributed by atoms with Crippen LogP contribution in [0.15, 0.2) is 60.9 Å². The summed E-state index contributed by atoms with van der Waals surface area (Å²) >= 11 is 11.5. The lowest BCUT2D eigenvalue weighted by molar-refractivity contribution is 0.0471. The molecule has 0 fully saturated rings. The highest BCUT2D eigenvalue weighted by atomic mass is 35.5. The molecule has 0 bridgehead atoms. The van der Waals surface area contributed by atoms with Gasteiger partial charge >= 0.3 is 11.9 Å². The minimum absolute atomic E-state index is 0.0700. The predicted octanol–water partition coefficient (Wildman–Crippen LogP) is 4.50. The highest BCUT2D eigenvalue weighted by molar-refractivity contribution is 6.30. The van der Waals surface area contributed by atoms with Crippen LogP contribution in [0, 0.1) is 0 Å². The molecule has 8 heteroatoms. The van der Waals surface area contributed by atoms with Crippen LogP contribution in [0.4, 0.5) is 0 Å². The number of esters is 2. The molecule has 0 amide bonds. The Morgan fingerprint density at radius 1 is 0.750 bits per heavy atom. The summed E-state index contributed by atoms with van der Waals surface area (Å²) in [5, 5.41) is 0.433. The molecule has 6 nitrogen and oxygen atoms in total. The maximum Gasteiger partial charge on any atom is 0.338 e. The molecule has 1 aromatic carbocycles. The fourth-order valence-corrected chi connectivity index (χ4v) is 2.68. The maximum atomic E-state index is 12.1. The lowest BCUT2D eigenvalue weighted by atomic mass is 10.1. The topological polar surface area (TPSA) is 78.4 Å². The summed E-state index contributed by atoms with van der Waals surface area (Å²) in [6.07, 6.45) is 2.87. The number of aromatic nitrogens is 2. The first-order valence-electron chi connectivity index (χ1n) is 8.16. The molecule has 0 N–H and O–H groups in total. The van der Waals surface area contributed by atoms with Crippen molar-refractivity contribution in [2.45, 2.75) is 13.2 Å². The summed E-state index contributed by atoms with van der Waals surface area (Å²) in [6.45, 7) is 0.140. The van der Waals surface area contributed by atoms with Crippen molar-refractivity contribution in [2.75, 3.05) is 0 Å². The molecule has 3 rings (SSSR count). The molecule has 2 aromatic heterocycles. The van der Waals surface area contributed by atoms with Gasteiger partial charge in [-0.3, -0.25) is 0 Å². The predicted molar refractivity (Wildman–Crippen MR) is 103 cm³/mol. The second kappa shape index (κ2) is 9.30. The number of carbonyl (C=O) groups is 2. The van der Waals surface area contributed by atoms with E-state index in [4.69, 9.17) is 32.7 Å². The summed E-state index contributed by atoms with van der Waals surface area (Å²) in [6, 6.07) is 13.1. The van der Waals surface area contributed by atoms with Gasteiger partial charge in [-0.05, 0) is 41.5 Å². The molecule has 0 unspecified atom stereocenters. The van der Waals surface area contributed by atoms with E-state index in [-0.39, 0.29) is 23.5 Å². The Kier molecular flexibility index (Phi) is 6.57. The third-order valence-electron chi connectivity index (χ3n) is 3.66. The molecular formula is C20H14Cl2N2O4. The van der Waals surface area contributed by atoms with Gasteiger partial charge in [0.15, 0.2) is 0 Å². The Balaban J connectivity index is 1.56. The molecule has 28 heavy (non-hydrogen) atoms. The average Bonchev–Trinajstić information content (AvgIpc) is 2.70. The number of rotatable bonds is 6. The van der Waals surface area contributed by atoms with Crippen molar-refractivity contribution in [3.8, 4) is 0 Å². The number of carbonyl (C=O) groups excluding carboxylic acids is 2.